The van der Waals surface area contributed by atoms with E-state index >= 15 is 0 Å². The molecule has 0 spiro atoms. The molecule has 7 amide bonds. The first-order valence-electron chi connectivity index (χ1n) is 30.9. The first kappa shape index (κ1) is 66.8. The number of esters is 1. The minimum atomic E-state index is -0.803. The van der Waals surface area contributed by atoms with Crippen LogP contribution in [0.15, 0.2) is 85.3 Å². The Morgan fingerprint density at radius 1 is 0.891 bits per heavy atom. The number of primary amides is 1. The molecule has 3 aliphatic rings. The number of aromatic amines is 1. The van der Waals surface area contributed by atoms with E-state index in [-0.39, 0.29) is 111 Å². The third kappa shape index (κ3) is 19.2. The van der Waals surface area contributed by atoms with Gasteiger partial charge in [0.05, 0.1) is 50.4 Å². The number of aryl methyl sites for hydroxylation is 3. The van der Waals surface area contributed by atoms with Crippen LogP contribution in [0.1, 0.15) is 104 Å². The lowest BCUT2D eigenvalue weighted by atomic mass is 9.88. The summed E-state index contributed by atoms with van der Waals surface area (Å²) in [6.45, 7) is 10.2. The standard InChI is InChI=1S/C64H81N15O13/c1-39-57(40(2)73-72-39)41-15-18-45(19-16-41)69-62(86)59(58(42-11-12-42)43-13-14-43)71-61(85)51-22-24-68-79(51)27-8-26-76(34-52(65)80)55(82)35-78-31-46(74-75-78)36-89-38-56(83)77-32-49(33-77)90-28-25-66-53(81)37-91-47-9-7-10-48(29-47)92-54-20-17-44(30-67-54)60(84)70-50(63(87)88-6)21-23-64(3,4)5/h7,9-10,15-20,22,24,29-31,42-43,49-50,58-59H,8,11-14,21,23,25-28,32-38H2,1-6H3,(H2,65,80)(H,66,81)(H,69,86)(H,70,84)(H,71,85)(H,72,73)/t50-,59-/m0/s1. The quantitative estimate of drug-likeness (QED) is 0.0242. The average molecular weight is 1270 g/mol. The van der Waals surface area contributed by atoms with Gasteiger partial charge < -0.3 is 60.5 Å². The molecule has 28 heteroatoms. The van der Waals surface area contributed by atoms with Crippen LogP contribution in [-0.4, -0.2) is 175 Å². The summed E-state index contributed by atoms with van der Waals surface area (Å²) in [6, 6.07) is 17.3. The molecular weight excluding hydrogens is 1190 g/mol. The number of hydrogen-bond acceptors (Lipinski definition) is 18. The van der Waals surface area contributed by atoms with Crippen LogP contribution in [0.2, 0.25) is 0 Å². The number of likely N-dealkylation sites (tertiary alicyclic amines) is 1. The summed E-state index contributed by atoms with van der Waals surface area (Å²) in [6.07, 6.45) is 9.56. The lowest BCUT2D eigenvalue weighted by molar-refractivity contribution is -0.150. The summed E-state index contributed by atoms with van der Waals surface area (Å²) in [4.78, 5) is 112. The number of hydrogen-bond donors (Lipinski definition) is 6. The fourth-order valence-electron chi connectivity index (χ4n) is 10.9. The van der Waals surface area contributed by atoms with Gasteiger partial charge in [0, 0.05) is 74.2 Å². The summed E-state index contributed by atoms with van der Waals surface area (Å²) in [7, 11) is 1.28. The van der Waals surface area contributed by atoms with Gasteiger partial charge in [-0.2, -0.15) is 10.2 Å². The zero-order chi connectivity index (χ0) is 65.5. The number of aromatic nitrogens is 8. The minimum Gasteiger partial charge on any atom is -0.484 e. The van der Waals surface area contributed by atoms with Gasteiger partial charge in [0.25, 0.3) is 17.7 Å². The molecule has 2 saturated carbocycles. The van der Waals surface area contributed by atoms with Crippen molar-refractivity contribution in [3.8, 4) is 28.5 Å². The van der Waals surface area contributed by atoms with Crippen LogP contribution >= 0.6 is 0 Å². The van der Waals surface area contributed by atoms with E-state index in [9.17, 15) is 38.4 Å². The number of nitrogens with zero attached hydrogens (tertiary/aromatic N) is 9. The molecule has 92 heavy (non-hydrogen) atoms. The van der Waals surface area contributed by atoms with Crippen LogP contribution in [0.3, 0.4) is 0 Å². The van der Waals surface area contributed by atoms with Gasteiger partial charge in [0.1, 0.15) is 48.1 Å². The van der Waals surface area contributed by atoms with Gasteiger partial charge in [-0.3, -0.25) is 43.3 Å². The van der Waals surface area contributed by atoms with E-state index in [1.165, 1.54) is 52.1 Å². The number of H-pyrrole nitrogens is 1. The maximum atomic E-state index is 14.1. The summed E-state index contributed by atoms with van der Waals surface area (Å²) in [5, 5.41) is 31.4. The number of methoxy groups -OCH3 is 1. The number of rotatable bonds is 34. The normalized spacial score (nSPS) is 14.6. The molecule has 9 rings (SSSR count). The molecule has 4 aromatic heterocycles. The van der Waals surface area contributed by atoms with Crippen molar-refractivity contribution in [3.63, 3.8) is 0 Å². The molecule has 1 aliphatic heterocycles. The van der Waals surface area contributed by atoms with Gasteiger partial charge in [-0.1, -0.05) is 44.2 Å². The van der Waals surface area contributed by atoms with Gasteiger partial charge in [-0.25, -0.2) is 14.5 Å². The molecule has 28 nitrogen and oxygen atoms in total. The molecule has 490 valence electrons. The molecule has 2 aliphatic carbocycles. The highest BCUT2D eigenvalue weighted by Crippen LogP contribution is 2.51. The van der Waals surface area contributed by atoms with Crippen molar-refractivity contribution in [2.24, 2.45) is 28.9 Å². The number of carbonyl (C=O) groups is 8. The fraction of sp³-hybridized carbons (Fsp3) is 0.484. The largest absolute Gasteiger partial charge is 0.484 e. The number of anilines is 1. The molecule has 3 fully saturated rings. The number of nitrogens with one attached hydrogen (secondary N) is 5. The van der Waals surface area contributed by atoms with E-state index < -0.39 is 41.7 Å². The van der Waals surface area contributed by atoms with E-state index in [0.717, 1.165) is 48.2 Å². The number of benzene rings is 2. The van der Waals surface area contributed by atoms with Crippen molar-refractivity contribution >= 4 is 53.0 Å². The van der Waals surface area contributed by atoms with Crippen molar-refractivity contribution in [3.05, 3.63) is 114 Å². The molecular formula is C64H81N15O13. The predicted molar refractivity (Wildman–Crippen MR) is 332 cm³/mol. The lowest BCUT2D eigenvalue weighted by Gasteiger charge is -2.38. The Bertz CT molecular complexity index is 3520. The fourth-order valence-corrected chi connectivity index (χ4v) is 10.9. The molecule has 1 saturated heterocycles. The third-order valence-electron chi connectivity index (χ3n) is 16.0. The van der Waals surface area contributed by atoms with Gasteiger partial charge in [-0.05, 0) is 124 Å². The van der Waals surface area contributed by atoms with Crippen molar-refractivity contribution in [2.45, 2.75) is 117 Å². The zero-order valence-electron chi connectivity index (χ0n) is 52.7. The minimum absolute atomic E-state index is 0.00645. The van der Waals surface area contributed by atoms with Crippen LogP contribution in [0.25, 0.3) is 11.1 Å². The Labute approximate surface area is 532 Å². The maximum Gasteiger partial charge on any atom is 0.328 e. The van der Waals surface area contributed by atoms with Crippen LogP contribution < -0.4 is 36.5 Å². The molecule has 0 unspecified atom stereocenters. The number of carbonyl (C=O) groups excluding carboxylic acids is 8. The maximum absolute atomic E-state index is 14.1. The van der Waals surface area contributed by atoms with Crippen molar-refractivity contribution in [1.29, 1.82) is 0 Å². The van der Waals surface area contributed by atoms with Crippen molar-refractivity contribution < 1.29 is 62.0 Å². The summed E-state index contributed by atoms with van der Waals surface area (Å²) < 4.78 is 30.6. The summed E-state index contributed by atoms with van der Waals surface area (Å²) >= 11 is 0. The van der Waals surface area contributed by atoms with E-state index in [0.29, 0.717) is 67.1 Å². The summed E-state index contributed by atoms with van der Waals surface area (Å²) in [5.41, 5.74) is 10.8. The topological polar surface area (TPSA) is 353 Å². The highest BCUT2D eigenvalue weighted by atomic mass is 16.5. The summed E-state index contributed by atoms with van der Waals surface area (Å²) in [5.74, 6) is -1.91. The van der Waals surface area contributed by atoms with Gasteiger partial charge in [0.15, 0.2) is 6.61 Å². The van der Waals surface area contributed by atoms with Crippen LogP contribution in [-0.2, 0) is 62.7 Å². The van der Waals surface area contributed by atoms with Crippen LogP contribution in [0.5, 0.6) is 17.4 Å². The Balaban J connectivity index is 0.642. The third-order valence-corrected chi connectivity index (χ3v) is 16.0. The number of amides is 7. The average Bonchev–Trinajstić information content (AvgIpc) is 1.78. The Kier molecular flexibility index (Phi) is 22.5. The molecule has 2 atom stereocenters. The Hall–Kier alpha value is -9.57. The second-order valence-electron chi connectivity index (χ2n) is 24.6. The number of ether oxygens (including phenoxy) is 5. The Morgan fingerprint density at radius 3 is 2.32 bits per heavy atom. The number of nitrogens with two attached hydrogens (primary N) is 1. The highest BCUT2D eigenvalue weighted by molar-refractivity contribution is 6.01. The van der Waals surface area contributed by atoms with Gasteiger partial charge in [0.2, 0.25) is 29.5 Å². The number of pyridine rings is 1. The van der Waals surface area contributed by atoms with E-state index in [1.807, 2.05) is 58.9 Å². The SMILES string of the molecule is COC(=O)[C@H](CCC(C)(C)C)NC(=O)c1ccc(Oc2cccc(OCC(=O)NCCOC3CN(C(=O)COCc4cn(CC(=O)N(CCCn5nccc5C(=O)N[C@H](C(=O)Nc5ccc(-c6c(C)n[nH]c6C)cc5)C(C5CC5)C5CC5)CC(N)=O)nn4)C3)c2)nc1. The Morgan fingerprint density at radius 2 is 1.64 bits per heavy atom. The predicted octanol–water partition coefficient (Wildman–Crippen LogP) is 4.28. The van der Waals surface area contributed by atoms with Crippen molar-refractivity contribution in [1.82, 2.24) is 65.7 Å². The molecule has 5 heterocycles. The van der Waals surface area contributed by atoms with E-state index in [4.69, 9.17) is 29.4 Å². The second-order valence-corrected chi connectivity index (χ2v) is 24.6. The zero-order valence-corrected chi connectivity index (χ0v) is 52.7. The molecule has 7 N–H and O–H groups in total. The smallest absolute Gasteiger partial charge is 0.328 e. The molecule has 0 bridgehead atoms. The van der Waals surface area contributed by atoms with E-state index in [2.05, 4.69) is 51.9 Å². The lowest BCUT2D eigenvalue weighted by Crippen LogP contribution is -2.56. The molecule has 0 radical (unpaired) electrons. The van der Waals surface area contributed by atoms with Gasteiger partial charge in [-0.15, -0.1) is 5.10 Å². The monoisotopic (exact) mass is 1270 g/mol. The van der Waals surface area contributed by atoms with Crippen LogP contribution in [0.4, 0.5) is 5.69 Å². The highest BCUT2D eigenvalue weighted by Gasteiger charge is 2.48. The van der Waals surface area contributed by atoms with Crippen LogP contribution in [0, 0.1) is 37.0 Å². The van der Waals surface area contributed by atoms with Crippen molar-refractivity contribution in [2.75, 3.05) is 65.0 Å². The van der Waals surface area contributed by atoms with E-state index in [1.54, 1.807) is 35.2 Å². The molecule has 2 aromatic carbocycles. The first-order chi connectivity index (χ1) is 44.2. The van der Waals surface area contributed by atoms with Gasteiger partial charge >= 0.3 is 5.97 Å². The first-order valence-corrected chi connectivity index (χ1v) is 30.9. The molecule has 6 aromatic rings. The second kappa shape index (κ2) is 31.0.